The minimum absolute atomic E-state index is 0.0519. The summed E-state index contributed by atoms with van der Waals surface area (Å²) in [5.74, 6) is -0.0894. The molecule has 1 unspecified atom stereocenters. The summed E-state index contributed by atoms with van der Waals surface area (Å²) in [6.07, 6.45) is 3.39. The topological polar surface area (TPSA) is 15.3 Å². The monoisotopic (exact) mass is 292 g/mol. The van der Waals surface area contributed by atoms with Crippen LogP contribution in [-0.4, -0.2) is 19.6 Å². The van der Waals surface area contributed by atoms with Crippen molar-refractivity contribution in [1.82, 2.24) is 5.32 Å². The zero-order chi connectivity index (χ0) is 15.5. The van der Waals surface area contributed by atoms with Crippen LogP contribution in [0, 0.1) is 11.2 Å². The molecule has 1 fully saturated rings. The highest BCUT2D eigenvalue weighted by Gasteiger charge is 2.27. The number of nitrogens with one attached hydrogen (secondary N) is 1. The predicted octanol–water partition coefficient (Wildman–Crippen LogP) is 4.51. The Morgan fingerprint density at radius 3 is 2.57 bits per heavy atom. The van der Waals surface area contributed by atoms with Gasteiger partial charge in [-0.05, 0) is 50.3 Å². The van der Waals surface area contributed by atoms with Gasteiger partial charge in [-0.3, -0.25) is 0 Å². The van der Waals surface area contributed by atoms with Gasteiger partial charge < -0.3 is 10.2 Å². The summed E-state index contributed by atoms with van der Waals surface area (Å²) < 4.78 is 14.4. The molecule has 1 atom stereocenters. The SMILES string of the molecule is CCCNC(C)c1c(F)cccc1N1CCC(C)(C)CC1. The smallest absolute Gasteiger partial charge is 0.130 e. The summed E-state index contributed by atoms with van der Waals surface area (Å²) in [5, 5.41) is 3.42. The summed E-state index contributed by atoms with van der Waals surface area (Å²) in [4.78, 5) is 2.35. The molecule has 1 heterocycles. The number of nitrogens with zero attached hydrogens (tertiary/aromatic N) is 1. The van der Waals surface area contributed by atoms with Gasteiger partial charge in [-0.2, -0.15) is 0 Å². The Morgan fingerprint density at radius 1 is 1.29 bits per heavy atom. The summed E-state index contributed by atoms with van der Waals surface area (Å²) >= 11 is 0. The van der Waals surface area contributed by atoms with Crippen molar-refractivity contribution in [3.63, 3.8) is 0 Å². The number of rotatable bonds is 5. The molecule has 0 radical (unpaired) electrons. The molecule has 0 aliphatic carbocycles. The highest BCUT2D eigenvalue weighted by Crippen LogP contribution is 2.35. The van der Waals surface area contributed by atoms with Crippen molar-refractivity contribution >= 4 is 5.69 Å². The number of piperidine rings is 1. The fraction of sp³-hybridized carbons (Fsp3) is 0.667. The standard InChI is InChI=1S/C18H29FN2/c1-5-11-20-14(2)17-15(19)7-6-8-16(17)21-12-9-18(3,4)10-13-21/h6-8,14,20H,5,9-13H2,1-4H3. The quantitative estimate of drug-likeness (QED) is 0.859. The van der Waals surface area contributed by atoms with E-state index in [0.717, 1.165) is 37.3 Å². The van der Waals surface area contributed by atoms with Crippen LogP contribution in [0.3, 0.4) is 0 Å². The molecule has 1 aromatic carbocycles. The van der Waals surface area contributed by atoms with Gasteiger partial charge in [0.15, 0.2) is 0 Å². The van der Waals surface area contributed by atoms with E-state index >= 15 is 0 Å². The Bertz CT molecular complexity index is 460. The molecule has 1 aliphatic rings. The average Bonchev–Trinajstić information content (AvgIpc) is 2.44. The fourth-order valence-electron chi connectivity index (χ4n) is 3.05. The highest BCUT2D eigenvalue weighted by atomic mass is 19.1. The van der Waals surface area contributed by atoms with E-state index in [1.807, 2.05) is 6.07 Å². The molecule has 3 heteroatoms. The van der Waals surface area contributed by atoms with Crippen LogP contribution >= 0.6 is 0 Å². The second-order valence-corrected chi connectivity index (χ2v) is 7.00. The van der Waals surface area contributed by atoms with Crippen LogP contribution in [0.25, 0.3) is 0 Å². The zero-order valence-electron chi connectivity index (χ0n) is 13.9. The van der Waals surface area contributed by atoms with Crippen molar-refractivity contribution in [2.75, 3.05) is 24.5 Å². The Kier molecular flexibility index (Phi) is 5.26. The van der Waals surface area contributed by atoms with Crippen molar-refractivity contribution in [3.05, 3.63) is 29.6 Å². The van der Waals surface area contributed by atoms with E-state index in [0.29, 0.717) is 5.41 Å². The molecule has 118 valence electrons. The van der Waals surface area contributed by atoms with E-state index < -0.39 is 0 Å². The molecule has 1 aromatic rings. The molecule has 21 heavy (non-hydrogen) atoms. The third kappa shape index (κ3) is 3.97. The van der Waals surface area contributed by atoms with Crippen LogP contribution in [-0.2, 0) is 0 Å². The van der Waals surface area contributed by atoms with Gasteiger partial charge in [0.2, 0.25) is 0 Å². The second kappa shape index (κ2) is 6.78. The minimum atomic E-state index is -0.0894. The van der Waals surface area contributed by atoms with Gasteiger partial charge in [0, 0.05) is 30.4 Å². The van der Waals surface area contributed by atoms with Crippen LogP contribution in [0.5, 0.6) is 0 Å². The predicted molar refractivity (Wildman–Crippen MR) is 88.3 cm³/mol. The Hall–Kier alpha value is -1.09. The molecule has 1 aliphatic heterocycles. The average molecular weight is 292 g/mol. The first-order chi connectivity index (χ1) is 9.94. The lowest BCUT2D eigenvalue weighted by Gasteiger charge is -2.39. The number of halogens is 1. The van der Waals surface area contributed by atoms with E-state index in [4.69, 9.17) is 0 Å². The normalized spacial score (nSPS) is 19.6. The summed E-state index contributed by atoms with van der Waals surface area (Å²) in [7, 11) is 0. The molecule has 0 aromatic heterocycles. The second-order valence-electron chi connectivity index (χ2n) is 7.00. The van der Waals surface area contributed by atoms with E-state index in [1.54, 1.807) is 6.07 Å². The maximum absolute atomic E-state index is 14.4. The molecule has 2 rings (SSSR count). The lowest BCUT2D eigenvalue weighted by atomic mass is 9.82. The van der Waals surface area contributed by atoms with Crippen molar-refractivity contribution in [2.24, 2.45) is 5.41 Å². The number of hydrogen-bond donors (Lipinski definition) is 1. The van der Waals surface area contributed by atoms with Gasteiger partial charge in [0.25, 0.3) is 0 Å². The molecule has 2 nitrogen and oxygen atoms in total. The van der Waals surface area contributed by atoms with Crippen LogP contribution in [0.4, 0.5) is 10.1 Å². The maximum atomic E-state index is 14.4. The number of benzene rings is 1. The fourth-order valence-corrected chi connectivity index (χ4v) is 3.05. The molecule has 1 saturated heterocycles. The van der Waals surface area contributed by atoms with E-state index in [9.17, 15) is 4.39 Å². The van der Waals surface area contributed by atoms with Gasteiger partial charge in [0.05, 0.1) is 0 Å². The van der Waals surface area contributed by atoms with Gasteiger partial charge in [-0.15, -0.1) is 0 Å². The molecule has 0 spiro atoms. The Labute approximate surface area is 128 Å². The molecular formula is C18H29FN2. The van der Waals surface area contributed by atoms with E-state index in [-0.39, 0.29) is 11.9 Å². The summed E-state index contributed by atoms with van der Waals surface area (Å²) in [5.41, 5.74) is 2.31. The van der Waals surface area contributed by atoms with Crippen LogP contribution in [0.2, 0.25) is 0 Å². The molecule has 1 N–H and O–H groups in total. The number of anilines is 1. The van der Waals surface area contributed by atoms with Crippen molar-refractivity contribution < 1.29 is 4.39 Å². The van der Waals surface area contributed by atoms with Gasteiger partial charge >= 0.3 is 0 Å². The van der Waals surface area contributed by atoms with E-state index in [1.165, 1.54) is 12.8 Å². The van der Waals surface area contributed by atoms with Crippen LogP contribution in [0.15, 0.2) is 18.2 Å². The summed E-state index contributed by atoms with van der Waals surface area (Å²) in [6, 6.07) is 5.54. The largest absolute Gasteiger partial charge is 0.371 e. The third-order valence-electron chi connectivity index (χ3n) is 4.62. The first-order valence-corrected chi connectivity index (χ1v) is 8.21. The van der Waals surface area contributed by atoms with Crippen LogP contribution < -0.4 is 10.2 Å². The summed E-state index contributed by atoms with van der Waals surface area (Å²) in [6.45, 7) is 11.8. The zero-order valence-corrected chi connectivity index (χ0v) is 13.9. The molecular weight excluding hydrogens is 263 g/mol. The van der Waals surface area contributed by atoms with Crippen LogP contribution in [0.1, 0.15) is 58.6 Å². The Balaban J connectivity index is 2.21. The minimum Gasteiger partial charge on any atom is -0.371 e. The molecule has 0 saturated carbocycles. The highest BCUT2D eigenvalue weighted by molar-refractivity contribution is 5.56. The Morgan fingerprint density at radius 2 is 1.95 bits per heavy atom. The maximum Gasteiger partial charge on any atom is 0.130 e. The molecule has 0 amide bonds. The lowest BCUT2D eigenvalue weighted by molar-refractivity contribution is 0.279. The molecule has 0 bridgehead atoms. The van der Waals surface area contributed by atoms with Crippen molar-refractivity contribution in [3.8, 4) is 0 Å². The first kappa shape index (κ1) is 16.3. The number of hydrogen-bond acceptors (Lipinski definition) is 2. The van der Waals surface area contributed by atoms with Crippen molar-refractivity contribution in [1.29, 1.82) is 0 Å². The lowest BCUT2D eigenvalue weighted by Crippen LogP contribution is -2.38. The third-order valence-corrected chi connectivity index (χ3v) is 4.62. The van der Waals surface area contributed by atoms with Gasteiger partial charge in [-0.25, -0.2) is 4.39 Å². The van der Waals surface area contributed by atoms with Gasteiger partial charge in [-0.1, -0.05) is 26.8 Å². The first-order valence-electron chi connectivity index (χ1n) is 8.21. The van der Waals surface area contributed by atoms with Gasteiger partial charge in [0.1, 0.15) is 5.82 Å². The van der Waals surface area contributed by atoms with Crippen molar-refractivity contribution in [2.45, 2.75) is 53.0 Å². The van der Waals surface area contributed by atoms with E-state index in [2.05, 4.69) is 44.0 Å².